The number of fused-ring (bicyclic) bond motifs is 1. The summed E-state index contributed by atoms with van der Waals surface area (Å²) >= 11 is 1.28. The standard InChI is InChI=1S/C28H30N8O3S/c1-28(2,3)12-18(13-29)26(39)35-10-4-5-19(35)14-36-21-7-6-17(15-37)11-20(21)32-27(36)33-25(38)23-9-8-22(40-23)24-30-16-31-34-24/h6-9,11-12,16,19,37H,4-5,10,14-15H2,1-3H3,(H,30,31,34)(H,32,33,38)/t19-/m1/s1. The average molecular weight is 559 g/mol. The van der Waals surface area contributed by atoms with Crippen LogP contribution >= 0.6 is 11.3 Å². The predicted molar refractivity (Wildman–Crippen MR) is 151 cm³/mol. The van der Waals surface area contributed by atoms with Crippen LogP contribution < -0.4 is 5.32 Å². The van der Waals surface area contributed by atoms with Gasteiger partial charge in [0.05, 0.1) is 33.4 Å². The molecule has 0 aliphatic carbocycles. The van der Waals surface area contributed by atoms with E-state index in [9.17, 15) is 20.0 Å². The molecule has 1 atom stereocenters. The molecular weight excluding hydrogens is 528 g/mol. The summed E-state index contributed by atoms with van der Waals surface area (Å²) < 4.78 is 1.90. The molecule has 0 bridgehead atoms. The van der Waals surface area contributed by atoms with Gasteiger partial charge in [0.2, 0.25) is 5.95 Å². The number of nitrogens with zero attached hydrogens (tertiary/aromatic N) is 6. The third-order valence-electron chi connectivity index (χ3n) is 6.66. The number of anilines is 1. The van der Waals surface area contributed by atoms with Gasteiger partial charge in [-0.2, -0.15) is 10.4 Å². The first-order valence-corrected chi connectivity index (χ1v) is 13.8. The first-order valence-electron chi connectivity index (χ1n) is 13.0. The summed E-state index contributed by atoms with van der Waals surface area (Å²) in [7, 11) is 0. The van der Waals surface area contributed by atoms with E-state index < -0.39 is 0 Å². The Morgan fingerprint density at radius 3 is 2.83 bits per heavy atom. The molecule has 1 aliphatic rings. The number of benzene rings is 1. The largest absolute Gasteiger partial charge is 0.392 e. The Kier molecular flexibility index (Phi) is 7.51. The van der Waals surface area contributed by atoms with Crippen LogP contribution in [0.4, 0.5) is 5.95 Å². The maximum atomic E-state index is 13.4. The van der Waals surface area contributed by atoms with Gasteiger partial charge in [-0.3, -0.25) is 20.0 Å². The SMILES string of the molecule is CC(C)(C)C=C(C#N)C(=O)N1CCC[C@@H]1Cn1c(NC(=O)c2ccc(-c3ncn[nH]3)s2)nc2cc(CO)ccc21. The van der Waals surface area contributed by atoms with Crippen molar-refractivity contribution in [1.29, 1.82) is 5.26 Å². The molecule has 2 amide bonds. The molecule has 0 unspecified atom stereocenters. The number of aromatic nitrogens is 5. The van der Waals surface area contributed by atoms with Crippen molar-refractivity contribution >= 4 is 40.1 Å². The third kappa shape index (κ3) is 5.66. The normalized spacial score (nSPS) is 15.9. The molecule has 1 aromatic carbocycles. The fourth-order valence-electron chi connectivity index (χ4n) is 4.86. The second-order valence-corrected chi connectivity index (χ2v) is 11.9. The van der Waals surface area contributed by atoms with Crippen molar-refractivity contribution < 1.29 is 14.7 Å². The van der Waals surface area contributed by atoms with Crippen LogP contribution in [0, 0.1) is 16.7 Å². The minimum atomic E-state index is -0.325. The maximum absolute atomic E-state index is 13.4. The summed E-state index contributed by atoms with van der Waals surface area (Å²) in [6, 6.07) is 10.9. The lowest BCUT2D eigenvalue weighted by atomic mass is 9.93. The number of imidazole rings is 1. The van der Waals surface area contributed by atoms with E-state index in [0.717, 1.165) is 23.2 Å². The number of H-pyrrole nitrogens is 1. The number of nitrogens with one attached hydrogen (secondary N) is 2. The van der Waals surface area contributed by atoms with Crippen molar-refractivity contribution in [3.63, 3.8) is 0 Å². The van der Waals surface area contributed by atoms with E-state index in [0.29, 0.717) is 40.8 Å². The molecule has 0 spiro atoms. The lowest BCUT2D eigenvalue weighted by molar-refractivity contribution is -0.127. The average Bonchev–Trinajstić information content (AvgIpc) is 3.73. The van der Waals surface area contributed by atoms with Gasteiger partial charge in [-0.25, -0.2) is 9.97 Å². The summed E-state index contributed by atoms with van der Waals surface area (Å²) in [5.74, 6) is 0.316. The highest BCUT2D eigenvalue weighted by atomic mass is 32.1. The van der Waals surface area contributed by atoms with Crippen LogP contribution in [0.5, 0.6) is 0 Å². The van der Waals surface area contributed by atoms with Gasteiger partial charge >= 0.3 is 0 Å². The molecular formula is C28H30N8O3S. The highest BCUT2D eigenvalue weighted by Crippen LogP contribution is 2.29. The number of aromatic amines is 1. The van der Waals surface area contributed by atoms with Crippen molar-refractivity contribution in [2.24, 2.45) is 5.41 Å². The number of aliphatic hydroxyl groups is 1. The van der Waals surface area contributed by atoms with Gasteiger partial charge in [0.1, 0.15) is 18.0 Å². The number of hydrogen-bond donors (Lipinski definition) is 3. The Morgan fingerprint density at radius 2 is 2.12 bits per heavy atom. The predicted octanol–water partition coefficient (Wildman–Crippen LogP) is 4.11. The number of carbonyl (C=O) groups excluding carboxylic acids is 2. The number of carbonyl (C=O) groups is 2. The summed E-state index contributed by atoms with van der Waals surface area (Å²) in [4.78, 5) is 38.5. The highest BCUT2D eigenvalue weighted by molar-refractivity contribution is 7.17. The molecule has 5 rings (SSSR count). The van der Waals surface area contributed by atoms with Gasteiger partial charge in [-0.1, -0.05) is 32.9 Å². The molecule has 1 fully saturated rings. The highest BCUT2D eigenvalue weighted by Gasteiger charge is 2.32. The van der Waals surface area contributed by atoms with Crippen molar-refractivity contribution in [2.45, 2.75) is 52.8 Å². The molecule has 40 heavy (non-hydrogen) atoms. The molecule has 206 valence electrons. The van der Waals surface area contributed by atoms with Crippen LogP contribution in [0.15, 0.2) is 48.3 Å². The number of amides is 2. The molecule has 12 heteroatoms. The van der Waals surface area contributed by atoms with Crippen LogP contribution in [0.1, 0.15) is 48.8 Å². The first-order chi connectivity index (χ1) is 19.2. The Labute approximate surface area is 235 Å². The fraction of sp³-hybridized carbons (Fsp3) is 0.357. The van der Waals surface area contributed by atoms with Gasteiger partial charge in [0.25, 0.3) is 11.8 Å². The Hall–Kier alpha value is -4.34. The van der Waals surface area contributed by atoms with Crippen LogP contribution in [0.2, 0.25) is 0 Å². The molecule has 11 nitrogen and oxygen atoms in total. The molecule has 4 aromatic rings. The van der Waals surface area contributed by atoms with Gasteiger partial charge in [-0.05, 0) is 48.1 Å². The Bertz CT molecular complexity index is 1620. The number of likely N-dealkylation sites (tertiary alicyclic amines) is 1. The number of hydrogen-bond acceptors (Lipinski definition) is 8. The minimum Gasteiger partial charge on any atom is -0.392 e. The minimum absolute atomic E-state index is 0.133. The van der Waals surface area contributed by atoms with Gasteiger partial charge in [0, 0.05) is 13.1 Å². The van der Waals surface area contributed by atoms with Crippen molar-refractivity contribution in [1.82, 2.24) is 29.6 Å². The lowest BCUT2D eigenvalue weighted by Gasteiger charge is -2.26. The van der Waals surface area contributed by atoms with Crippen molar-refractivity contribution in [3.8, 4) is 16.8 Å². The molecule has 0 radical (unpaired) electrons. The lowest BCUT2D eigenvalue weighted by Crippen LogP contribution is -2.39. The quantitative estimate of drug-likeness (QED) is 0.228. The Morgan fingerprint density at radius 1 is 1.30 bits per heavy atom. The molecule has 4 heterocycles. The molecule has 1 saturated heterocycles. The molecule has 3 aromatic heterocycles. The zero-order valence-corrected chi connectivity index (χ0v) is 23.3. The summed E-state index contributed by atoms with van der Waals surface area (Å²) in [5, 5.41) is 28.9. The van der Waals surface area contributed by atoms with Crippen molar-refractivity contribution in [3.05, 3.63) is 58.7 Å². The summed E-state index contributed by atoms with van der Waals surface area (Å²) in [6.07, 6.45) is 4.70. The van der Waals surface area contributed by atoms with Gasteiger partial charge in [0.15, 0.2) is 5.82 Å². The van der Waals surface area contributed by atoms with Crippen LogP contribution in [0.3, 0.4) is 0 Å². The number of allylic oxidation sites excluding steroid dienone is 1. The van der Waals surface area contributed by atoms with Crippen LogP contribution in [-0.2, 0) is 17.9 Å². The van der Waals surface area contributed by atoms with E-state index in [1.54, 1.807) is 29.2 Å². The molecule has 1 aliphatic heterocycles. The number of aliphatic hydroxyl groups excluding tert-OH is 1. The monoisotopic (exact) mass is 558 g/mol. The van der Waals surface area contributed by atoms with Crippen LogP contribution in [-0.4, -0.2) is 59.1 Å². The van der Waals surface area contributed by atoms with E-state index >= 15 is 0 Å². The number of rotatable bonds is 7. The van der Waals surface area contributed by atoms with E-state index in [1.807, 2.05) is 37.5 Å². The second kappa shape index (κ2) is 11.0. The Balaban J connectivity index is 1.45. The zero-order chi connectivity index (χ0) is 28.4. The third-order valence-corrected chi connectivity index (χ3v) is 7.75. The summed E-state index contributed by atoms with van der Waals surface area (Å²) in [6.45, 7) is 6.66. The van der Waals surface area contributed by atoms with Crippen molar-refractivity contribution in [2.75, 3.05) is 11.9 Å². The van der Waals surface area contributed by atoms with Crippen LogP contribution in [0.25, 0.3) is 21.7 Å². The molecule has 3 N–H and O–H groups in total. The van der Waals surface area contributed by atoms with E-state index in [1.165, 1.54) is 17.7 Å². The topological polar surface area (TPSA) is 153 Å². The fourth-order valence-corrected chi connectivity index (χ4v) is 5.71. The van der Waals surface area contributed by atoms with E-state index in [2.05, 4.69) is 31.6 Å². The first kappa shape index (κ1) is 27.2. The maximum Gasteiger partial charge on any atom is 0.268 e. The second-order valence-electron chi connectivity index (χ2n) is 10.8. The smallest absolute Gasteiger partial charge is 0.268 e. The number of nitriles is 1. The zero-order valence-electron chi connectivity index (χ0n) is 22.5. The summed E-state index contributed by atoms with van der Waals surface area (Å²) in [5.41, 5.74) is 1.92. The van der Waals surface area contributed by atoms with E-state index in [4.69, 9.17) is 0 Å². The van der Waals surface area contributed by atoms with E-state index in [-0.39, 0.29) is 35.5 Å². The number of thiophene rings is 1. The molecule has 0 saturated carbocycles. The van der Waals surface area contributed by atoms with Gasteiger partial charge in [-0.15, -0.1) is 11.3 Å². The van der Waals surface area contributed by atoms with Gasteiger partial charge < -0.3 is 14.6 Å².